The van der Waals surface area contributed by atoms with Gasteiger partial charge in [0.05, 0.1) is 0 Å². The van der Waals surface area contributed by atoms with Crippen LogP contribution in [0.25, 0.3) is 0 Å². The molecular weight excluding hydrogens is 308 g/mol. The van der Waals surface area contributed by atoms with Crippen LogP contribution in [0, 0.1) is 6.07 Å². The molecule has 1 radical (unpaired) electrons. The summed E-state index contributed by atoms with van der Waals surface area (Å²) in [6, 6.07) is 9.76. The van der Waals surface area contributed by atoms with Crippen molar-refractivity contribution in [2.75, 3.05) is 0 Å². The number of unbranched alkanes of at least 4 members (excludes halogenated alkanes) is 6. The average Bonchev–Trinajstić information content (AvgIpc) is 2.45. The molecule has 0 aliphatic carbocycles. The Kier molecular flexibility index (Phi) is 10.1. The largest absolute Gasteiger partial charge is 0.0654 e. The predicted molar refractivity (Wildman–Crippen MR) is 93.2 cm³/mol. The summed E-state index contributed by atoms with van der Waals surface area (Å²) in [7, 11) is 0. The van der Waals surface area contributed by atoms with Crippen molar-refractivity contribution in [2.24, 2.45) is 0 Å². The molecule has 0 aromatic heterocycles. The number of hydrogen-bond acceptors (Lipinski definition) is 0. The monoisotopic (exact) mass is 337 g/mol. The lowest BCUT2D eigenvalue weighted by Gasteiger charge is -2.17. The van der Waals surface area contributed by atoms with Crippen molar-refractivity contribution in [2.45, 2.75) is 84.0 Å². The van der Waals surface area contributed by atoms with Crippen LogP contribution in [0.3, 0.4) is 0 Å². The lowest BCUT2D eigenvalue weighted by Crippen LogP contribution is -2.00. The van der Waals surface area contributed by atoms with Gasteiger partial charge in [-0.1, -0.05) is 87.2 Å². The van der Waals surface area contributed by atoms with Gasteiger partial charge < -0.3 is 0 Å². The van der Waals surface area contributed by atoms with E-state index in [-0.39, 0.29) is 0 Å². The molecule has 0 bridgehead atoms. The molecule has 1 aromatic carbocycles. The second-order valence-corrected chi connectivity index (χ2v) is 6.80. The maximum absolute atomic E-state index is 3.59. The molecule has 0 atom stereocenters. The van der Waals surface area contributed by atoms with Crippen LogP contribution in [0.1, 0.15) is 89.5 Å². The lowest BCUT2D eigenvalue weighted by molar-refractivity contribution is 0.496. The van der Waals surface area contributed by atoms with Crippen molar-refractivity contribution in [3.05, 3.63) is 34.3 Å². The van der Waals surface area contributed by atoms with Gasteiger partial charge in [0.25, 0.3) is 0 Å². The standard InChI is InChI=1S/C19H30Br/c1-3-5-7-9-12-17(13-10-8-6-4-2)18-14-11-15-19(20)16-18/h14-17H,3-10,12-13H2,1-2H3. The zero-order chi connectivity index (χ0) is 14.6. The van der Waals surface area contributed by atoms with E-state index in [9.17, 15) is 0 Å². The molecule has 0 nitrogen and oxygen atoms in total. The average molecular weight is 338 g/mol. The zero-order valence-corrected chi connectivity index (χ0v) is 14.8. The summed E-state index contributed by atoms with van der Waals surface area (Å²) < 4.78 is 1.17. The van der Waals surface area contributed by atoms with Gasteiger partial charge in [-0.15, -0.1) is 0 Å². The number of halogens is 1. The minimum Gasteiger partial charge on any atom is -0.0654 e. The summed E-state index contributed by atoms with van der Waals surface area (Å²) in [5, 5.41) is 0. The molecule has 0 aliphatic rings. The van der Waals surface area contributed by atoms with Crippen LogP contribution in [0.5, 0.6) is 0 Å². The minimum atomic E-state index is 0.734. The summed E-state index contributed by atoms with van der Waals surface area (Å²) in [5.74, 6) is 0.734. The van der Waals surface area contributed by atoms with Crippen molar-refractivity contribution in [3.63, 3.8) is 0 Å². The summed E-state index contributed by atoms with van der Waals surface area (Å²) in [6.07, 6.45) is 13.6. The fourth-order valence-electron chi connectivity index (χ4n) is 2.81. The molecule has 0 aliphatic heterocycles. The molecule has 0 amide bonds. The van der Waals surface area contributed by atoms with E-state index in [1.807, 2.05) is 6.07 Å². The van der Waals surface area contributed by atoms with E-state index >= 15 is 0 Å². The molecule has 0 fully saturated rings. The maximum atomic E-state index is 3.59. The van der Waals surface area contributed by atoms with Crippen LogP contribution in [-0.2, 0) is 0 Å². The zero-order valence-electron chi connectivity index (χ0n) is 13.3. The van der Waals surface area contributed by atoms with Crippen molar-refractivity contribution in [3.8, 4) is 0 Å². The predicted octanol–water partition coefficient (Wildman–Crippen LogP) is 7.27. The van der Waals surface area contributed by atoms with Gasteiger partial charge in [-0.25, -0.2) is 0 Å². The number of hydrogen-bond donors (Lipinski definition) is 0. The molecule has 0 saturated heterocycles. The lowest BCUT2D eigenvalue weighted by atomic mass is 9.88. The summed E-state index contributed by atoms with van der Waals surface area (Å²) >= 11 is 3.59. The highest BCUT2D eigenvalue weighted by atomic mass is 79.9. The summed E-state index contributed by atoms with van der Waals surface area (Å²) in [5.41, 5.74) is 1.48. The van der Waals surface area contributed by atoms with Gasteiger partial charge in [-0.3, -0.25) is 0 Å². The van der Waals surface area contributed by atoms with Gasteiger partial charge in [0.15, 0.2) is 0 Å². The van der Waals surface area contributed by atoms with Gasteiger partial charge in [0.2, 0.25) is 0 Å². The van der Waals surface area contributed by atoms with E-state index in [0.29, 0.717) is 0 Å². The molecule has 0 saturated carbocycles. The first-order valence-electron chi connectivity index (χ1n) is 8.44. The first-order chi connectivity index (χ1) is 9.77. The Morgan fingerprint density at radius 1 is 0.900 bits per heavy atom. The molecule has 0 N–H and O–H groups in total. The van der Waals surface area contributed by atoms with Crippen molar-refractivity contribution in [1.29, 1.82) is 0 Å². The van der Waals surface area contributed by atoms with Crippen LogP contribution >= 0.6 is 15.9 Å². The van der Waals surface area contributed by atoms with Crippen LogP contribution in [0.4, 0.5) is 0 Å². The first kappa shape index (κ1) is 17.8. The van der Waals surface area contributed by atoms with Crippen LogP contribution in [-0.4, -0.2) is 0 Å². The molecule has 0 spiro atoms. The van der Waals surface area contributed by atoms with Crippen molar-refractivity contribution >= 4 is 15.9 Å². The quantitative estimate of drug-likeness (QED) is 0.372. The second kappa shape index (κ2) is 11.4. The Labute approximate surface area is 134 Å². The van der Waals surface area contributed by atoms with E-state index in [1.165, 1.54) is 74.2 Å². The number of benzene rings is 1. The molecule has 0 unspecified atom stereocenters. The van der Waals surface area contributed by atoms with Crippen molar-refractivity contribution in [1.82, 2.24) is 0 Å². The molecular formula is C19H30Br. The van der Waals surface area contributed by atoms with Crippen LogP contribution in [0.15, 0.2) is 22.7 Å². The third-order valence-corrected chi connectivity index (χ3v) is 4.52. The topological polar surface area (TPSA) is 0 Å². The Hall–Kier alpha value is -0.300. The van der Waals surface area contributed by atoms with Gasteiger partial charge in [0.1, 0.15) is 0 Å². The van der Waals surface area contributed by atoms with Crippen LogP contribution < -0.4 is 0 Å². The molecule has 20 heavy (non-hydrogen) atoms. The minimum absolute atomic E-state index is 0.734. The Bertz CT molecular complexity index is 333. The highest BCUT2D eigenvalue weighted by molar-refractivity contribution is 9.10. The van der Waals surface area contributed by atoms with Gasteiger partial charge in [-0.2, -0.15) is 0 Å². The Morgan fingerprint density at radius 3 is 2.00 bits per heavy atom. The van der Waals surface area contributed by atoms with E-state index < -0.39 is 0 Å². The Balaban J connectivity index is 2.49. The van der Waals surface area contributed by atoms with Gasteiger partial charge in [0, 0.05) is 4.47 Å². The SMILES string of the molecule is CCCCCCC(CCCCCC)c1c[c]cc(Br)c1. The second-order valence-electron chi connectivity index (χ2n) is 5.88. The normalized spacial score (nSPS) is 11.2. The summed E-state index contributed by atoms with van der Waals surface area (Å²) in [6.45, 7) is 4.57. The maximum Gasteiger partial charge on any atom is 0.0184 e. The summed E-state index contributed by atoms with van der Waals surface area (Å²) in [4.78, 5) is 0. The third-order valence-electron chi connectivity index (χ3n) is 4.06. The first-order valence-corrected chi connectivity index (χ1v) is 9.23. The smallest absolute Gasteiger partial charge is 0.0184 e. The molecule has 1 heteroatoms. The number of rotatable bonds is 11. The fraction of sp³-hybridized carbons (Fsp3) is 0.684. The van der Waals surface area contributed by atoms with Crippen LogP contribution in [0.2, 0.25) is 0 Å². The van der Waals surface area contributed by atoms with E-state index in [4.69, 9.17) is 0 Å². The highest BCUT2D eigenvalue weighted by Crippen LogP contribution is 2.30. The van der Waals surface area contributed by atoms with E-state index in [0.717, 1.165) is 5.92 Å². The molecule has 0 heterocycles. The van der Waals surface area contributed by atoms with E-state index in [2.05, 4.69) is 48.0 Å². The molecule has 1 aromatic rings. The third kappa shape index (κ3) is 7.47. The molecule has 1 rings (SSSR count). The highest BCUT2D eigenvalue weighted by Gasteiger charge is 2.11. The fourth-order valence-corrected chi connectivity index (χ4v) is 3.20. The van der Waals surface area contributed by atoms with Crippen molar-refractivity contribution < 1.29 is 0 Å². The van der Waals surface area contributed by atoms with Gasteiger partial charge >= 0.3 is 0 Å². The molecule has 113 valence electrons. The van der Waals surface area contributed by atoms with E-state index in [1.54, 1.807) is 0 Å². The Morgan fingerprint density at radius 2 is 1.50 bits per heavy atom. The van der Waals surface area contributed by atoms with Gasteiger partial charge in [-0.05, 0) is 42.5 Å².